The normalized spacial score (nSPS) is 10.6. The zero-order valence-corrected chi connectivity index (χ0v) is 12.1. The van der Waals surface area contributed by atoms with Gasteiger partial charge < -0.3 is 14.7 Å². The van der Waals surface area contributed by atoms with Gasteiger partial charge in [0.05, 0.1) is 13.7 Å². The number of hydrogen-bond donors (Lipinski definition) is 1. The van der Waals surface area contributed by atoms with Crippen LogP contribution in [0, 0.1) is 0 Å². The Kier molecular flexibility index (Phi) is 5.83. The molecule has 0 radical (unpaired) electrons. The highest BCUT2D eigenvalue weighted by Gasteiger charge is 2.12. The van der Waals surface area contributed by atoms with Crippen LogP contribution < -0.4 is 4.74 Å². The van der Waals surface area contributed by atoms with Crippen molar-refractivity contribution in [3.63, 3.8) is 0 Å². The maximum atomic E-state index is 11.6. The first-order chi connectivity index (χ1) is 8.99. The van der Waals surface area contributed by atoms with E-state index in [0.717, 1.165) is 16.9 Å². The summed E-state index contributed by atoms with van der Waals surface area (Å²) >= 11 is 0. The minimum absolute atomic E-state index is 0.0515. The fourth-order valence-electron chi connectivity index (χ4n) is 1.98. The predicted molar refractivity (Wildman–Crippen MR) is 75.3 cm³/mol. The fourth-order valence-corrected chi connectivity index (χ4v) is 1.98. The molecule has 0 unspecified atom stereocenters. The lowest BCUT2D eigenvalue weighted by Crippen LogP contribution is -2.26. The summed E-state index contributed by atoms with van der Waals surface area (Å²) in [5, 5.41) is 8.77. The second-order valence-electron chi connectivity index (χ2n) is 4.95. The van der Waals surface area contributed by atoms with Crippen LogP contribution in [-0.2, 0) is 11.3 Å². The lowest BCUT2D eigenvalue weighted by atomic mass is 9.99. The summed E-state index contributed by atoms with van der Waals surface area (Å²) < 4.78 is 5.34. The molecule has 1 aromatic rings. The largest absolute Gasteiger partial charge is 0.496 e. The monoisotopic (exact) mass is 265 g/mol. The second-order valence-corrected chi connectivity index (χ2v) is 4.95. The number of amides is 1. The van der Waals surface area contributed by atoms with E-state index < -0.39 is 0 Å². The molecule has 1 amide bonds. The molecule has 0 aliphatic heterocycles. The van der Waals surface area contributed by atoms with Crippen LogP contribution in [0.25, 0.3) is 0 Å². The molecule has 19 heavy (non-hydrogen) atoms. The average Bonchev–Trinajstić information content (AvgIpc) is 2.38. The first-order valence-corrected chi connectivity index (χ1v) is 6.51. The van der Waals surface area contributed by atoms with Crippen LogP contribution in [0.15, 0.2) is 18.2 Å². The Bertz CT molecular complexity index is 429. The Morgan fingerprint density at radius 1 is 1.42 bits per heavy atom. The van der Waals surface area contributed by atoms with Crippen LogP contribution in [0.1, 0.15) is 37.3 Å². The quantitative estimate of drug-likeness (QED) is 0.857. The Balaban J connectivity index is 2.85. The van der Waals surface area contributed by atoms with Gasteiger partial charge in [0.25, 0.3) is 0 Å². The Labute approximate surface area is 115 Å². The Morgan fingerprint density at radius 3 is 2.63 bits per heavy atom. The Morgan fingerprint density at radius 2 is 2.11 bits per heavy atom. The van der Waals surface area contributed by atoms with Gasteiger partial charge >= 0.3 is 0 Å². The van der Waals surface area contributed by atoms with Gasteiger partial charge in [0, 0.05) is 20.0 Å². The van der Waals surface area contributed by atoms with E-state index in [9.17, 15) is 4.79 Å². The molecule has 1 rings (SSSR count). The van der Waals surface area contributed by atoms with Crippen molar-refractivity contribution in [2.24, 2.45) is 0 Å². The van der Waals surface area contributed by atoms with E-state index in [4.69, 9.17) is 9.84 Å². The van der Waals surface area contributed by atoms with Crippen molar-refractivity contribution in [1.29, 1.82) is 0 Å². The van der Waals surface area contributed by atoms with Crippen molar-refractivity contribution in [2.45, 2.75) is 32.7 Å². The molecule has 106 valence electrons. The summed E-state index contributed by atoms with van der Waals surface area (Å²) in [5.74, 6) is 1.20. The van der Waals surface area contributed by atoms with Gasteiger partial charge in [-0.2, -0.15) is 0 Å². The molecule has 0 heterocycles. The summed E-state index contributed by atoms with van der Waals surface area (Å²) in [4.78, 5) is 13.3. The highest BCUT2D eigenvalue weighted by Crippen LogP contribution is 2.27. The van der Waals surface area contributed by atoms with Gasteiger partial charge in [-0.3, -0.25) is 4.79 Å². The predicted octanol–water partition coefficient (Wildman–Crippen LogP) is 2.16. The van der Waals surface area contributed by atoms with Crippen LogP contribution in [-0.4, -0.2) is 36.7 Å². The summed E-state index contributed by atoms with van der Waals surface area (Å²) in [6, 6.07) is 5.98. The SMILES string of the molecule is COc1ccc(CN(C)C(=O)CCO)cc1C(C)C. The van der Waals surface area contributed by atoms with Gasteiger partial charge in [-0.1, -0.05) is 26.0 Å². The molecule has 0 spiro atoms. The number of nitrogens with zero attached hydrogens (tertiary/aromatic N) is 1. The van der Waals surface area contributed by atoms with Crippen LogP contribution >= 0.6 is 0 Å². The number of hydrogen-bond acceptors (Lipinski definition) is 3. The highest BCUT2D eigenvalue weighted by atomic mass is 16.5. The molecule has 4 nitrogen and oxygen atoms in total. The number of rotatable bonds is 6. The number of ether oxygens (including phenoxy) is 1. The summed E-state index contributed by atoms with van der Waals surface area (Å²) in [6.07, 6.45) is 0.170. The molecule has 0 bridgehead atoms. The van der Waals surface area contributed by atoms with Gasteiger partial charge in [-0.15, -0.1) is 0 Å². The number of methoxy groups -OCH3 is 1. The lowest BCUT2D eigenvalue weighted by Gasteiger charge is -2.19. The summed E-state index contributed by atoms with van der Waals surface area (Å²) in [6.45, 7) is 4.66. The van der Waals surface area contributed by atoms with Gasteiger partial charge in [0.15, 0.2) is 0 Å². The second kappa shape index (κ2) is 7.14. The number of aliphatic hydroxyl groups excluding tert-OH is 1. The van der Waals surface area contributed by atoms with Gasteiger partial charge in [-0.25, -0.2) is 0 Å². The van der Waals surface area contributed by atoms with Crippen molar-refractivity contribution in [3.8, 4) is 5.75 Å². The molecule has 0 saturated heterocycles. The van der Waals surface area contributed by atoms with Crippen molar-refractivity contribution < 1.29 is 14.6 Å². The minimum atomic E-state index is -0.108. The molecule has 0 aliphatic rings. The standard InChI is InChI=1S/C15H23NO3/c1-11(2)13-9-12(5-6-14(13)19-4)10-16(3)15(18)7-8-17/h5-6,9,11,17H,7-8,10H2,1-4H3. The van der Waals surface area contributed by atoms with Crippen molar-refractivity contribution in [3.05, 3.63) is 29.3 Å². The molecule has 0 aromatic heterocycles. The first-order valence-electron chi connectivity index (χ1n) is 6.51. The van der Waals surface area contributed by atoms with Crippen molar-refractivity contribution in [2.75, 3.05) is 20.8 Å². The lowest BCUT2D eigenvalue weighted by molar-refractivity contribution is -0.131. The smallest absolute Gasteiger partial charge is 0.224 e. The van der Waals surface area contributed by atoms with E-state index in [-0.39, 0.29) is 18.9 Å². The average molecular weight is 265 g/mol. The zero-order chi connectivity index (χ0) is 14.4. The maximum Gasteiger partial charge on any atom is 0.224 e. The van der Waals surface area contributed by atoms with Crippen molar-refractivity contribution >= 4 is 5.91 Å². The molecule has 0 atom stereocenters. The third-order valence-corrected chi connectivity index (χ3v) is 3.09. The van der Waals surface area contributed by atoms with Gasteiger partial charge in [0.2, 0.25) is 5.91 Å². The number of benzene rings is 1. The van der Waals surface area contributed by atoms with E-state index in [0.29, 0.717) is 12.5 Å². The molecule has 0 aliphatic carbocycles. The molecule has 1 N–H and O–H groups in total. The minimum Gasteiger partial charge on any atom is -0.496 e. The van der Waals surface area contributed by atoms with Gasteiger partial charge in [0.1, 0.15) is 5.75 Å². The first kappa shape index (κ1) is 15.5. The number of carbonyl (C=O) groups excluding carboxylic acids is 1. The fraction of sp³-hybridized carbons (Fsp3) is 0.533. The maximum absolute atomic E-state index is 11.6. The third kappa shape index (κ3) is 4.24. The van der Waals surface area contributed by atoms with Crippen LogP contribution in [0.2, 0.25) is 0 Å². The van der Waals surface area contributed by atoms with Crippen LogP contribution in [0.4, 0.5) is 0 Å². The molecule has 0 fully saturated rings. The third-order valence-electron chi connectivity index (χ3n) is 3.09. The number of aliphatic hydroxyl groups is 1. The topological polar surface area (TPSA) is 49.8 Å². The zero-order valence-electron chi connectivity index (χ0n) is 12.1. The Hall–Kier alpha value is -1.55. The summed E-state index contributed by atoms with van der Waals surface area (Å²) in [5.41, 5.74) is 2.21. The van der Waals surface area contributed by atoms with E-state index in [1.165, 1.54) is 0 Å². The molecular weight excluding hydrogens is 242 g/mol. The highest BCUT2D eigenvalue weighted by molar-refractivity contribution is 5.75. The molecule has 4 heteroatoms. The van der Waals surface area contributed by atoms with Gasteiger partial charge in [-0.05, 0) is 23.1 Å². The van der Waals surface area contributed by atoms with Crippen LogP contribution in [0.3, 0.4) is 0 Å². The van der Waals surface area contributed by atoms with E-state index in [2.05, 4.69) is 19.9 Å². The van der Waals surface area contributed by atoms with Crippen LogP contribution in [0.5, 0.6) is 5.75 Å². The molecule has 1 aromatic carbocycles. The number of carbonyl (C=O) groups is 1. The van der Waals surface area contributed by atoms with E-state index in [1.807, 2.05) is 12.1 Å². The van der Waals surface area contributed by atoms with E-state index >= 15 is 0 Å². The summed E-state index contributed by atoms with van der Waals surface area (Å²) in [7, 11) is 3.41. The van der Waals surface area contributed by atoms with E-state index in [1.54, 1.807) is 19.1 Å². The molecular formula is C15H23NO3. The molecule has 0 saturated carbocycles. The van der Waals surface area contributed by atoms with Crippen molar-refractivity contribution in [1.82, 2.24) is 4.90 Å².